The average Bonchev–Trinajstić information content (AvgIpc) is 2.18. The summed E-state index contributed by atoms with van der Waals surface area (Å²) in [5, 5.41) is 8.67. The molecule has 0 radical (unpaired) electrons. The highest BCUT2D eigenvalue weighted by atomic mass is 16.5. The van der Waals surface area contributed by atoms with Crippen LogP contribution in [0.15, 0.2) is 18.2 Å². The molecule has 1 aromatic carbocycles. The highest BCUT2D eigenvalue weighted by Gasteiger charge is 2.16. The fraction of sp³-hybridized carbons (Fsp3) is 0.364. The number of ether oxygens (including phenoxy) is 1. The van der Waals surface area contributed by atoms with Gasteiger partial charge in [-0.15, -0.1) is 0 Å². The first-order chi connectivity index (χ1) is 6.81. The number of aryl methyl sites for hydroxylation is 1. The van der Waals surface area contributed by atoms with Crippen LogP contribution in [0.2, 0.25) is 0 Å². The molecule has 2 rings (SSSR count). The van der Waals surface area contributed by atoms with E-state index >= 15 is 0 Å². The zero-order valence-electron chi connectivity index (χ0n) is 8.16. The standard InChI is InChI=1S/C11H12N2O/c1-9-2-3-10-11(8-9)14-7-6-13(10)5-4-12/h2-3,8H,5-7H2,1H3. The fourth-order valence-corrected chi connectivity index (χ4v) is 1.63. The van der Waals surface area contributed by atoms with Crippen molar-refractivity contribution in [3.05, 3.63) is 23.8 Å². The normalized spacial score (nSPS) is 14.1. The summed E-state index contributed by atoms with van der Waals surface area (Å²) in [4.78, 5) is 2.04. The molecule has 0 unspecified atom stereocenters. The van der Waals surface area contributed by atoms with Crippen molar-refractivity contribution in [3.63, 3.8) is 0 Å². The van der Waals surface area contributed by atoms with Crippen molar-refractivity contribution in [3.8, 4) is 11.8 Å². The minimum absolute atomic E-state index is 0.430. The van der Waals surface area contributed by atoms with Crippen LogP contribution in [0.5, 0.6) is 5.75 Å². The SMILES string of the molecule is Cc1ccc2c(c1)OCCN2CC#N. The molecule has 0 spiro atoms. The molecule has 3 nitrogen and oxygen atoms in total. The maximum absolute atomic E-state index is 8.67. The van der Waals surface area contributed by atoms with Gasteiger partial charge in [0.15, 0.2) is 0 Å². The van der Waals surface area contributed by atoms with Crippen molar-refractivity contribution in [2.45, 2.75) is 6.92 Å². The maximum Gasteiger partial charge on any atom is 0.142 e. The molecule has 1 aromatic rings. The van der Waals surface area contributed by atoms with E-state index in [1.165, 1.54) is 5.56 Å². The summed E-state index contributed by atoms with van der Waals surface area (Å²) < 4.78 is 5.53. The molecule has 0 aromatic heterocycles. The van der Waals surface area contributed by atoms with Crippen LogP contribution < -0.4 is 9.64 Å². The van der Waals surface area contributed by atoms with Gasteiger partial charge in [0.25, 0.3) is 0 Å². The van der Waals surface area contributed by atoms with Gasteiger partial charge < -0.3 is 9.64 Å². The van der Waals surface area contributed by atoms with Gasteiger partial charge in [-0.3, -0.25) is 0 Å². The number of benzene rings is 1. The van der Waals surface area contributed by atoms with E-state index in [9.17, 15) is 0 Å². The van der Waals surface area contributed by atoms with E-state index in [0.717, 1.165) is 18.0 Å². The molecule has 0 fully saturated rings. The zero-order chi connectivity index (χ0) is 9.97. The Labute approximate surface area is 83.5 Å². The van der Waals surface area contributed by atoms with Crippen LogP contribution in [0, 0.1) is 18.3 Å². The molecule has 0 saturated carbocycles. The second-order valence-electron chi connectivity index (χ2n) is 3.40. The van der Waals surface area contributed by atoms with Crippen LogP contribution >= 0.6 is 0 Å². The van der Waals surface area contributed by atoms with E-state index in [4.69, 9.17) is 10.00 Å². The van der Waals surface area contributed by atoms with Gasteiger partial charge in [0.2, 0.25) is 0 Å². The maximum atomic E-state index is 8.67. The molecular formula is C11H12N2O. The quantitative estimate of drug-likeness (QED) is 0.629. The molecule has 1 heterocycles. The number of fused-ring (bicyclic) bond motifs is 1. The number of hydrogen-bond acceptors (Lipinski definition) is 3. The van der Waals surface area contributed by atoms with Crippen molar-refractivity contribution < 1.29 is 4.74 Å². The molecule has 72 valence electrons. The van der Waals surface area contributed by atoms with Gasteiger partial charge in [0, 0.05) is 0 Å². The minimum atomic E-state index is 0.430. The number of anilines is 1. The van der Waals surface area contributed by atoms with Gasteiger partial charge in [-0.25, -0.2) is 0 Å². The molecule has 1 aliphatic rings. The van der Waals surface area contributed by atoms with E-state index in [1.54, 1.807) is 0 Å². The smallest absolute Gasteiger partial charge is 0.142 e. The molecule has 0 bridgehead atoms. The number of rotatable bonds is 1. The highest BCUT2D eigenvalue weighted by molar-refractivity contribution is 5.61. The summed E-state index contributed by atoms with van der Waals surface area (Å²) in [5.41, 5.74) is 2.21. The molecular weight excluding hydrogens is 176 g/mol. The average molecular weight is 188 g/mol. The lowest BCUT2D eigenvalue weighted by Gasteiger charge is -2.29. The molecule has 0 atom stereocenters. The summed E-state index contributed by atoms with van der Waals surface area (Å²) in [6.07, 6.45) is 0. The first kappa shape index (κ1) is 8.89. The predicted octanol–water partition coefficient (Wildman–Crippen LogP) is 1.72. The van der Waals surface area contributed by atoms with Crippen molar-refractivity contribution in [2.24, 2.45) is 0 Å². The van der Waals surface area contributed by atoms with Crippen LogP contribution in [0.4, 0.5) is 5.69 Å². The predicted molar refractivity (Wildman–Crippen MR) is 54.5 cm³/mol. The van der Waals surface area contributed by atoms with Crippen LogP contribution in [0.25, 0.3) is 0 Å². The van der Waals surface area contributed by atoms with Crippen molar-refractivity contribution in [2.75, 3.05) is 24.6 Å². The third kappa shape index (κ3) is 1.51. The van der Waals surface area contributed by atoms with Gasteiger partial charge in [-0.05, 0) is 24.6 Å². The van der Waals surface area contributed by atoms with E-state index in [1.807, 2.05) is 30.0 Å². The van der Waals surface area contributed by atoms with Crippen molar-refractivity contribution >= 4 is 5.69 Å². The molecule has 0 aliphatic carbocycles. The Kier molecular flexibility index (Phi) is 2.28. The Morgan fingerprint density at radius 3 is 3.21 bits per heavy atom. The van der Waals surface area contributed by atoms with Gasteiger partial charge in [0.1, 0.15) is 18.9 Å². The Balaban J connectivity index is 2.36. The lowest BCUT2D eigenvalue weighted by molar-refractivity contribution is 0.309. The Hall–Kier alpha value is -1.69. The monoisotopic (exact) mass is 188 g/mol. The summed E-state index contributed by atoms with van der Waals surface area (Å²) in [6, 6.07) is 8.23. The minimum Gasteiger partial charge on any atom is -0.490 e. The zero-order valence-corrected chi connectivity index (χ0v) is 8.16. The van der Waals surface area contributed by atoms with E-state index in [-0.39, 0.29) is 0 Å². The Bertz CT molecular complexity index is 381. The lowest BCUT2D eigenvalue weighted by Crippen LogP contribution is -2.32. The Morgan fingerprint density at radius 2 is 2.43 bits per heavy atom. The summed E-state index contributed by atoms with van der Waals surface area (Å²) in [7, 11) is 0. The molecule has 3 heteroatoms. The molecule has 0 N–H and O–H groups in total. The van der Waals surface area contributed by atoms with Gasteiger partial charge in [-0.2, -0.15) is 5.26 Å². The molecule has 0 saturated heterocycles. The van der Waals surface area contributed by atoms with E-state index in [0.29, 0.717) is 13.2 Å². The van der Waals surface area contributed by atoms with Crippen LogP contribution in [-0.4, -0.2) is 19.7 Å². The van der Waals surface area contributed by atoms with E-state index < -0.39 is 0 Å². The van der Waals surface area contributed by atoms with E-state index in [2.05, 4.69) is 6.07 Å². The third-order valence-electron chi connectivity index (χ3n) is 2.34. The van der Waals surface area contributed by atoms with Crippen LogP contribution in [0.1, 0.15) is 5.56 Å². The summed E-state index contributed by atoms with van der Waals surface area (Å²) in [5.74, 6) is 0.895. The second-order valence-corrected chi connectivity index (χ2v) is 3.40. The van der Waals surface area contributed by atoms with Crippen molar-refractivity contribution in [1.82, 2.24) is 0 Å². The van der Waals surface area contributed by atoms with Crippen molar-refractivity contribution in [1.29, 1.82) is 5.26 Å². The van der Waals surface area contributed by atoms with Gasteiger partial charge >= 0.3 is 0 Å². The summed E-state index contributed by atoms with van der Waals surface area (Å²) >= 11 is 0. The van der Waals surface area contributed by atoms with Gasteiger partial charge in [-0.1, -0.05) is 6.07 Å². The molecule has 0 amide bonds. The topological polar surface area (TPSA) is 36.3 Å². The number of hydrogen-bond donors (Lipinski definition) is 0. The van der Waals surface area contributed by atoms with Gasteiger partial charge in [0.05, 0.1) is 18.3 Å². The lowest BCUT2D eigenvalue weighted by atomic mass is 10.2. The second kappa shape index (κ2) is 3.59. The summed E-state index contributed by atoms with van der Waals surface area (Å²) in [6.45, 7) is 3.92. The fourth-order valence-electron chi connectivity index (χ4n) is 1.63. The Morgan fingerprint density at radius 1 is 1.57 bits per heavy atom. The molecule has 14 heavy (non-hydrogen) atoms. The largest absolute Gasteiger partial charge is 0.490 e. The van der Waals surface area contributed by atoms with Crippen LogP contribution in [-0.2, 0) is 0 Å². The van der Waals surface area contributed by atoms with Crippen LogP contribution in [0.3, 0.4) is 0 Å². The third-order valence-corrected chi connectivity index (χ3v) is 2.34. The first-order valence-corrected chi connectivity index (χ1v) is 4.66. The number of nitriles is 1. The first-order valence-electron chi connectivity index (χ1n) is 4.66. The molecule has 1 aliphatic heterocycles. The highest BCUT2D eigenvalue weighted by Crippen LogP contribution is 2.31. The number of nitrogens with zero attached hydrogens (tertiary/aromatic N) is 2.